The van der Waals surface area contributed by atoms with Crippen LogP contribution in [0, 0.1) is 5.92 Å². The second-order valence-electron chi connectivity index (χ2n) is 6.40. The van der Waals surface area contributed by atoms with Crippen LogP contribution in [-0.4, -0.2) is 24.3 Å². The maximum Gasteiger partial charge on any atom is 0.255 e. The van der Waals surface area contributed by atoms with Gasteiger partial charge < -0.3 is 16.0 Å². The van der Waals surface area contributed by atoms with Crippen molar-refractivity contribution in [2.24, 2.45) is 5.92 Å². The van der Waals surface area contributed by atoms with Crippen LogP contribution in [-0.2, 0) is 4.79 Å². The van der Waals surface area contributed by atoms with E-state index in [9.17, 15) is 14.4 Å². The SMILES string of the molecule is CC(=O)Nc1ccc(NC(=O)c2cccc(C(=O)NCC(C)C)c2)cc1. The Bertz CT molecular complexity index is 798. The maximum absolute atomic E-state index is 12.4. The third-order valence-electron chi connectivity index (χ3n) is 3.52. The number of nitrogens with one attached hydrogen (secondary N) is 3. The Hall–Kier alpha value is -3.15. The largest absolute Gasteiger partial charge is 0.352 e. The number of hydrogen-bond donors (Lipinski definition) is 3. The molecule has 3 amide bonds. The molecule has 0 aromatic heterocycles. The van der Waals surface area contributed by atoms with E-state index in [1.807, 2.05) is 13.8 Å². The molecule has 0 atom stereocenters. The van der Waals surface area contributed by atoms with E-state index in [1.165, 1.54) is 6.92 Å². The number of rotatable bonds is 6. The molecule has 3 N–H and O–H groups in total. The smallest absolute Gasteiger partial charge is 0.255 e. The molecule has 2 rings (SSSR count). The van der Waals surface area contributed by atoms with Gasteiger partial charge in [-0.3, -0.25) is 14.4 Å². The fourth-order valence-electron chi connectivity index (χ4n) is 2.24. The standard InChI is InChI=1S/C20H23N3O3/c1-13(2)12-21-19(25)15-5-4-6-16(11-15)20(26)23-18-9-7-17(8-10-18)22-14(3)24/h4-11,13H,12H2,1-3H3,(H,21,25)(H,22,24)(H,23,26). The second-order valence-corrected chi connectivity index (χ2v) is 6.40. The van der Waals surface area contributed by atoms with Crippen molar-refractivity contribution >= 4 is 29.1 Å². The summed E-state index contributed by atoms with van der Waals surface area (Å²) in [4.78, 5) is 35.6. The molecule has 0 bridgehead atoms. The maximum atomic E-state index is 12.4. The zero-order valence-corrected chi connectivity index (χ0v) is 15.1. The van der Waals surface area contributed by atoms with Crippen molar-refractivity contribution in [3.63, 3.8) is 0 Å². The predicted molar refractivity (Wildman–Crippen MR) is 102 cm³/mol. The number of carbonyl (C=O) groups is 3. The molecular weight excluding hydrogens is 330 g/mol. The number of benzene rings is 2. The van der Waals surface area contributed by atoms with E-state index >= 15 is 0 Å². The fraction of sp³-hybridized carbons (Fsp3) is 0.250. The van der Waals surface area contributed by atoms with Crippen LogP contribution in [0.15, 0.2) is 48.5 Å². The summed E-state index contributed by atoms with van der Waals surface area (Å²) in [5.74, 6) is -0.316. The number of carbonyl (C=O) groups excluding carboxylic acids is 3. The van der Waals surface area contributed by atoms with Gasteiger partial charge in [-0.2, -0.15) is 0 Å². The number of anilines is 2. The zero-order valence-electron chi connectivity index (χ0n) is 15.1. The molecular formula is C20H23N3O3. The third kappa shape index (κ3) is 5.73. The van der Waals surface area contributed by atoms with Gasteiger partial charge >= 0.3 is 0 Å². The molecule has 136 valence electrons. The third-order valence-corrected chi connectivity index (χ3v) is 3.52. The molecule has 0 heterocycles. The first-order valence-electron chi connectivity index (χ1n) is 8.42. The van der Waals surface area contributed by atoms with Crippen molar-refractivity contribution < 1.29 is 14.4 Å². The summed E-state index contributed by atoms with van der Waals surface area (Å²) in [5.41, 5.74) is 2.09. The van der Waals surface area contributed by atoms with Gasteiger partial charge in [-0.25, -0.2) is 0 Å². The normalized spacial score (nSPS) is 10.3. The van der Waals surface area contributed by atoms with Crippen LogP contribution in [0.2, 0.25) is 0 Å². The molecule has 0 aliphatic rings. The van der Waals surface area contributed by atoms with Gasteiger partial charge in [0.1, 0.15) is 0 Å². The molecule has 0 radical (unpaired) electrons. The average Bonchev–Trinajstić information content (AvgIpc) is 2.61. The summed E-state index contributed by atoms with van der Waals surface area (Å²) < 4.78 is 0. The Morgan fingerprint density at radius 1 is 0.846 bits per heavy atom. The van der Waals surface area contributed by atoms with Crippen LogP contribution in [0.5, 0.6) is 0 Å². The average molecular weight is 353 g/mol. The minimum atomic E-state index is -0.309. The Balaban J connectivity index is 2.04. The summed E-state index contributed by atoms with van der Waals surface area (Å²) in [6.07, 6.45) is 0. The molecule has 2 aromatic rings. The molecule has 0 aliphatic heterocycles. The topological polar surface area (TPSA) is 87.3 Å². The van der Waals surface area contributed by atoms with Gasteiger partial charge in [0, 0.05) is 36.0 Å². The summed E-state index contributed by atoms with van der Waals surface area (Å²) in [7, 11) is 0. The van der Waals surface area contributed by atoms with E-state index in [0.29, 0.717) is 35.0 Å². The van der Waals surface area contributed by atoms with Gasteiger partial charge in [-0.15, -0.1) is 0 Å². The summed E-state index contributed by atoms with van der Waals surface area (Å²) >= 11 is 0. The van der Waals surface area contributed by atoms with Crippen LogP contribution in [0.25, 0.3) is 0 Å². The lowest BCUT2D eigenvalue weighted by Gasteiger charge is -2.10. The van der Waals surface area contributed by atoms with Crippen LogP contribution >= 0.6 is 0 Å². The highest BCUT2D eigenvalue weighted by molar-refractivity contribution is 6.06. The fourth-order valence-corrected chi connectivity index (χ4v) is 2.24. The minimum Gasteiger partial charge on any atom is -0.352 e. The van der Waals surface area contributed by atoms with E-state index in [1.54, 1.807) is 48.5 Å². The highest BCUT2D eigenvalue weighted by Gasteiger charge is 2.11. The second kappa shape index (κ2) is 8.80. The lowest BCUT2D eigenvalue weighted by atomic mass is 10.1. The van der Waals surface area contributed by atoms with Gasteiger partial charge in [-0.1, -0.05) is 19.9 Å². The van der Waals surface area contributed by atoms with E-state index in [0.717, 1.165) is 0 Å². The van der Waals surface area contributed by atoms with Crippen LogP contribution in [0.3, 0.4) is 0 Å². The predicted octanol–water partition coefficient (Wildman–Crippen LogP) is 3.28. The van der Waals surface area contributed by atoms with Gasteiger partial charge in [0.15, 0.2) is 0 Å². The number of hydrogen-bond acceptors (Lipinski definition) is 3. The summed E-state index contributed by atoms with van der Waals surface area (Å²) in [6.45, 7) is 6.04. The molecule has 0 fully saturated rings. The highest BCUT2D eigenvalue weighted by atomic mass is 16.2. The summed E-state index contributed by atoms with van der Waals surface area (Å²) in [6, 6.07) is 13.4. The molecule has 0 saturated carbocycles. The molecule has 0 unspecified atom stereocenters. The van der Waals surface area contributed by atoms with Crippen molar-refractivity contribution in [2.75, 3.05) is 17.2 Å². The lowest BCUT2D eigenvalue weighted by molar-refractivity contribution is -0.114. The van der Waals surface area contributed by atoms with Crippen LogP contribution in [0.1, 0.15) is 41.5 Å². The summed E-state index contributed by atoms with van der Waals surface area (Å²) in [5, 5.41) is 8.26. The Kier molecular flexibility index (Phi) is 6.49. The minimum absolute atomic E-state index is 0.158. The molecule has 6 nitrogen and oxygen atoms in total. The van der Waals surface area contributed by atoms with Crippen molar-refractivity contribution in [1.29, 1.82) is 0 Å². The van der Waals surface area contributed by atoms with Crippen molar-refractivity contribution in [1.82, 2.24) is 5.32 Å². The monoisotopic (exact) mass is 353 g/mol. The van der Waals surface area contributed by atoms with E-state index in [2.05, 4.69) is 16.0 Å². The first kappa shape index (κ1) is 19.2. The molecule has 6 heteroatoms. The Morgan fingerprint density at radius 2 is 1.38 bits per heavy atom. The van der Waals surface area contributed by atoms with E-state index in [4.69, 9.17) is 0 Å². The van der Waals surface area contributed by atoms with E-state index in [-0.39, 0.29) is 17.7 Å². The molecule has 0 saturated heterocycles. The van der Waals surface area contributed by atoms with Crippen LogP contribution < -0.4 is 16.0 Å². The van der Waals surface area contributed by atoms with Crippen molar-refractivity contribution in [3.8, 4) is 0 Å². The van der Waals surface area contributed by atoms with Crippen molar-refractivity contribution in [2.45, 2.75) is 20.8 Å². The first-order chi connectivity index (χ1) is 12.3. The van der Waals surface area contributed by atoms with Gasteiger partial charge in [-0.05, 0) is 48.4 Å². The molecule has 0 aliphatic carbocycles. The first-order valence-corrected chi connectivity index (χ1v) is 8.42. The van der Waals surface area contributed by atoms with E-state index < -0.39 is 0 Å². The lowest BCUT2D eigenvalue weighted by Crippen LogP contribution is -2.27. The van der Waals surface area contributed by atoms with Gasteiger partial charge in [0.05, 0.1) is 0 Å². The quantitative estimate of drug-likeness (QED) is 0.745. The molecule has 26 heavy (non-hydrogen) atoms. The molecule has 2 aromatic carbocycles. The van der Waals surface area contributed by atoms with Gasteiger partial charge in [0.25, 0.3) is 11.8 Å². The van der Waals surface area contributed by atoms with Crippen molar-refractivity contribution in [3.05, 3.63) is 59.7 Å². The Morgan fingerprint density at radius 3 is 1.92 bits per heavy atom. The highest BCUT2D eigenvalue weighted by Crippen LogP contribution is 2.15. The zero-order chi connectivity index (χ0) is 19.1. The molecule has 0 spiro atoms. The number of amides is 3. The Labute approximate surface area is 153 Å². The van der Waals surface area contributed by atoms with Gasteiger partial charge in [0.2, 0.25) is 5.91 Å². The van der Waals surface area contributed by atoms with Crippen LogP contribution in [0.4, 0.5) is 11.4 Å².